The molecule has 0 bridgehead atoms. The molecule has 0 atom stereocenters. The number of thiocarbonyl (C=S) groups is 1. The fraction of sp³-hybridized carbons (Fsp3) is 0.368. The van der Waals surface area contributed by atoms with Crippen molar-refractivity contribution in [2.75, 3.05) is 18.5 Å². The van der Waals surface area contributed by atoms with Crippen molar-refractivity contribution in [3.8, 4) is 11.1 Å². The van der Waals surface area contributed by atoms with Crippen molar-refractivity contribution < 1.29 is 32.2 Å². The van der Waals surface area contributed by atoms with E-state index < -0.39 is 34.9 Å². The van der Waals surface area contributed by atoms with E-state index in [1.165, 1.54) is 13.8 Å². The molecule has 0 unspecified atom stereocenters. The molecule has 3 N–H and O–H groups in total. The first kappa shape index (κ1) is 24.1. The topological polar surface area (TPSA) is 105 Å². The lowest BCUT2D eigenvalue weighted by molar-refractivity contribution is -0.148. The number of nitrogens with zero attached hydrogens (tertiary/aromatic N) is 1. The number of aromatic amines is 1. The summed E-state index contributed by atoms with van der Waals surface area (Å²) in [6.07, 6.45) is -0.827. The number of carbonyl (C=O) groups excluding carboxylic acids is 2. The second-order valence-corrected chi connectivity index (χ2v) is 7.13. The lowest BCUT2D eigenvalue weighted by Crippen LogP contribution is -2.35. The molecule has 0 fully saturated rings. The predicted octanol–water partition coefficient (Wildman–Crippen LogP) is 3.78. The van der Waals surface area contributed by atoms with Crippen LogP contribution in [0.15, 0.2) is 12.1 Å². The van der Waals surface area contributed by atoms with Crippen molar-refractivity contribution in [3.05, 3.63) is 35.3 Å². The van der Waals surface area contributed by atoms with Gasteiger partial charge in [0.15, 0.2) is 22.6 Å². The molecule has 2 rings (SSSR count). The average Bonchev–Trinajstić information content (AvgIpc) is 3.10. The molecule has 0 saturated carbocycles. The lowest BCUT2D eigenvalue weighted by Gasteiger charge is -2.22. The van der Waals surface area contributed by atoms with E-state index in [1.54, 1.807) is 13.8 Å². The highest BCUT2D eigenvalue weighted by atomic mass is 32.1. The molecular formula is C19H21F3N4O4S. The first-order chi connectivity index (χ1) is 14.5. The third-order valence-electron chi connectivity index (χ3n) is 4.15. The summed E-state index contributed by atoms with van der Waals surface area (Å²) >= 11 is 5.03. The summed E-state index contributed by atoms with van der Waals surface area (Å²) in [6, 6.07) is 1.50. The number of hydrogen-bond donors (Lipinski definition) is 3. The van der Waals surface area contributed by atoms with E-state index in [0.717, 1.165) is 12.1 Å². The first-order valence-corrected chi connectivity index (χ1v) is 9.59. The Labute approximate surface area is 181 Å². The summed E-state index contributed by atoms with van der Waals surface area (Å²) in [4.78, 5) is 24.0. The van der Waals surface area contributed by atoms with Crippen LogP contribution in [0.4, 0.5) is 23.8 Å². The van der Waals surface area contributed by atoms with E-state index in [2.05, 4.69) is 20.8 Å². The number of nitrogens with one attached hydrogen (secondary N) is 3. The van der Waals surface area contributed by atoms with Crippen LogP contribution in [0.3, 0.4) is 0 Å². The third kappa shape index (κ3) is 5.32. The Hall–Kier alpha value is -3.15. The number of H-pyrrole nitrogens is 1. The zero-order chi connectivity index (χ0) is 23.3. The Morgan fingerprint density at radius 1 is 1.13 bits per heavy atom. The van der Waals surface area contributed by atoms with Crippen LogP contribution in [0.25, 0.3) is 11.1 Å². The van der Waals surface area contributed by atoms with E-state index in [0.29, 0.717) is 0 Å². The molecule has 0 aliphatic rings. The number of rotatable bonds is 6. The second kappa shape index (κ2) is 9.77. The van der Waals surface area contributed by atoms with Gasteiger partial charge in [-0.05, 0) is 57.6 Å². The molecule has 0 spiro atoms. The van der Waals surface area contributed by atoms with Crippen molar-refractivity contribution in [1.82, 2.24) is 15.5 Å². The highest BCUT2D eigenvalue weighted by molar-refractivity contribution is 7.80. The van der Waals surface area contributed by atoms with Crippen LogP contribution in [0.5, 0.6) is 0 Å². The highest BCUT2D eigenvalue weighted by Crippen LogP contribution is 2.38. The van der Waals surface area contributed by atoms with E-state index in [1.807, 2.05) is 0 Å². The fourth-order valence-corrected chi connectivity index (χ4v) is 2.86. The van der Waals surface area contributed by atoms with Gasteiger partial charge in [-0.2, -0.15) is 5.10 Å². The number of hydrogen-bond acceptors (Lipinski definition) is 6. The van der Waals surface area contributed by atoms with Gasteiger partial charge in [-0.15, -0.1) is 0 Å². The van der Waals surface area contributed by atoms with Gasteiger partial charge in [0.1, 0.15) is 11.2 Å². The van der Waals surface area contributed by atoms with E-state index in [-0.39, 0.29) is 41.0 Å². The van der Waals surface area contributed by atoms with Crippen molar-refractivity contribution in [1.29, 1.82) is 0 Å². The smallest absolute Gasteiger partial charge is 0.413 e. The van der Waals surface area contributed by atoms with Gasteiger partial charge in [0, 0.05) is 5.56 Å². The summed E-state index contributed by atoms with van der Waals surface area (Å²) < 4.78 is 51.2. The molecule has 8 nitrogen and oxygen atoms in total. The Morgan fingerprint density at radius 3 is 2.26 bits per heavy atom. The van der Waals surface area contributed by atoms with Crippen LogP contribution >= 0.6 is 12.2 Å². The van der Waals surface area contributed by atoms with E-state index >= 15 is 0 Å². The molecular weight excluding hydrogens is 437 g/mol. The SMILES string of the molecule is CCOC(=O)NC(=S)Nc1[nH]nc(C(C)(C)C(=O)OCC)c1-c1cc(F)c(F)c(F)c1. The molecule has 0 aliphatic carbocycles. The van der Waals surface area contributed by atoms with E-state index in [9.17, 15) is 22.8 Å². The third-order valence-corrected chi connectivity index (χ3v) is 4.35. The van der Waals surface area contributed by atoms with Gasteiger partial charge in [-0.3, -0.25) is 15.2 Å². The molecule has 0 saturated heterocycles. The zero-order valence-electron chi connectivity index (χ0n) is 17.2. The number of benzene rings is 1. The molecule has 2 aromatic rings. The van der Waals surface area contributed by atoms with Gasteiger partial charge >= 0.3 is 12.1 Å². The number of alkyl carbamates (subject to hydrolysis) is 1. The molecule has 0 radical (unpaired) electrons. The first-order valence-electron chi connectivity index (χ1n) is 9.18. The maximum absolute atomic E-state index is 13.9. The number of ether oxygens (including phenoxy) is 2. The molecule has 0 aliphatic heterocycles. The van der Waals surface area contributed by atoms with Crippen molar-refractivity contribution in [2.45, 2.75) is 33.1 Å². The standard InChI is InChI=1S/C19H21F3N4O4S/c1-5-29-16(27)19(3,4)14-12(9-7-10(20)13(22)11(21)8-9)15(26-25-14)23-17(31)24-18(28)30-6-2/h7-8H,5-6H2,1-4H3,(H3,23,24,25,26,28,31). The Morgan fingerprint density at radius 2 is 1.71 bits per heavy atom. The van der Waals surface area contributed by atoms with Crippen LogP contribution in [-0.2, 0) is 19.7 Å². The summed E-state index contributed by atoms with van der Waals surface area (Å²) in [5.41, 5.74) is -1.40. The van der Waals surface area contributed by atoms with E-state index in [4.69, 9.17) is 21.7 Å². The number of amides is 1. The monoisotopic (exact) mass is 458 g/mol. The minimum atomic E-state index is -1.65. The lowest BCUT2D eigenvalue weighted by atomic mass is 9.85. The number of anilines is 1. The molecule has 1 heterocycles. The molecule has 1 aromatic heterocycles. The predicted molar refractivity (Wildman–Crippen MR) is 110 cm³/mol. The van der Waals surface area contributed by atoms with Gasteiger partial charge < -0.3 is 14.8 Å². The fourth-order valence-electron chi connectivity index (χ4n) is 2.68. The molecule has 12 heteroatoms. The summed E-state index contributed by atoms with van der Waals surface area (Å²) in [7, 11) is 0. The highest BCUT2D eigenvalue weighted by Gasteiger charge is 2.38. The Bertz CT molecular complexity index is 987. The van der Waals surface area contributed by atoms with Crippen LogP contribution in [-0.4, -0.2) is 40.6 Å². The van der Waals surface area contributed by atoms with Crippen LogP contribution < -0.4 is 10.6 Å². The minimum Gasteiger partial charge on any atom is -0.465 e. The van der Waals surface area contributed by atoms with Crippen LogP contribution in [0, 0.1) is 17.5 Å². The average molecular weight is 458 g/mol. The Kier molecular flexibility index (Phi) is 7.60. The molecule has 168 valence electrons. The number of halogens is 3. The van der Waals surface area contributed by atoms with Crippen molar-refractivity contribution >= 4 is 35.2 Å². The second-order valence-electron chi connectivity index (χ2n) is 6.72. The number of esters is 1. The molecule has 1 aromatic carbocycles. The van der Waals surface area contributed by atoms with Gasteiger partial charge in [0.25, 0.3) is 0 Å². The molecule has 1 amide bonds. The summed E-state index contributed by atoms with van der Waals surface area (Å²) in [5, 5.41) is 11.3. The quantitative estimate of drug-likeness (QED) is 0.344. The van der Waals surface area contributed by atoms with Gasteiger partial charge in [-0.25, -0.2) is 18.0 Å². The number of carbonyl (C=O) groups is 2. The largest absolute Gasteiger partial charge is 0.465 e. The molecule has 31 heavy (non-hydrogen) atoms. The number of aromatic nitrogens is 2. The maximum atomic E-state index is 13.9. The van der Waals surface area contributed by atoms with Crippen molar-refractivity contribution in [2.24, 2.45) is 0 Å². The Balaban J connectivity index is 2.57. The maximum Gasteiger partial charge on any atom is 0.413 e. The normalized spacial score (nSPS) is 11.1. The summed E-state index contributed by atoms with van der Waals surface area (Å²) in [6.45, 7) is 6.43. The van der Waals surface area contributed by atoms with Gasteiger partial charge in [0.2, 0.25) is 0 Å². The summed E-state index contributed by atoms with van der Waals surface area (Å²) in [5.74, 6) is -5.17. The zero-order valence-corrected chi connectivity index (χ0v) is 18.0. The minimum absolute atomic E-state index is 0.000389. The van der Waals surface area contributed by atoms with Crippen LogP contribution in [0.2, 0.25) is 0 Å². The van der Waals surface area contributed by atoms with Gasteiger partial charge in [-0.1, -0.05) is 0 Å². The van der Waals surface area contributed by atoms with Crippen LogP contribution in [0.1, 0.15) is 33.4 Å². The van der Waals surface area contributed by atoms with Crippen molar-refractivity contribution in [3.63, 3.8) is 0 Å². The van der Waals surface area contributed by atoms with Gasteiger partial charge in [0.05, 0.1) is 18.9 Å².